The Hall–Kier alpha value is -2.02. The summed E-state index contributed by atoms with van der Waals surface area (Å²) in [6.45, 7) is 4.35. The number of benzene rings is 1. The minimum Gasteiger partial charge on any atom is -0.396 e. The zero-order valence-corrected chi connectivity index (χ0v) is 16.8. The standard InChI is InChI=1S/C23H30FN3O2/c24-20-6-3-18(4-7-20)13-23(17-28)16-27(12-9-21(23)29)22-8-5-19(14-25-22)15-26-10-1-2-11-26/h3-8,14,21,28-29H,1-2,9-13,15-17H2/t21-,23-/m0/s1. The summed E-state index contributed by atoms with van der Waals surface area (Å²) < 4.78 is 13.2. The second-order valence-corrected chi connectivity index (χ2v) is 8.56. The van der Waals surface area contributed by atoms with Gasteiger partial charge in [0.1, 0.15) is 11.6 Å². The molecule has 3 heterocycles. The monoisotopic (exact) mass is 399 g/mol. The van der Waals surface area contributed by atoms with Gasteiger partial charge in [0.15, 0.2) is 0 Å². The summed E-state index contributed by atoms with van der Waals surface area (Å²) in [5, 5.41) is 20.9. The van der Waals surface area contributed by atoms with Crippen molar-refractivity contribution in [1.82, 2.24) is 9.88 Å². The predicted molar refractivity (Wildman–Crippen MR) is 111 cm³/mol. The van der Waals surface area contributed by atoms with E-state index >= 15 is 0 Å². The van der Waals surface area contributed by atoms with Gasteiger partial charge in [-0.2, -0.15) is 0 Å². The van der Waals surface area contributed by atoms with Gasteiger partial charge in [-0.1, -0.05) is 18.2 Å². The van der Waals surface area contributed by atoms with Crippen LogP contribution in [0.25, 0.3) is 0 Å². The first kappa shape index (κ1) is 20.3. The topological polar surface area (TPSA) is 59.8 Å². The van der Waals surface area contributed by atoms with Crippen molar-refractivity contribution in [2.24, 2.45) is 5.41 Å². The number of aromatic nitrogens is 1. The third-order valence-electron chi connectivity index (χ3n) is 6.41. The van der Waals surface area contributed by atoms with Crippen molar-refractivity contribution in [1.29, 1.82) is 0 Å². The van der Waals surface area contributed by atoms with Gasteiger partial charge in [-0.3, -0.25) is 4.90 Å². The molecule has 0 bridgehead atoms. The Labute approximate surface area is 171 Å². The minimum absolute atomic E-state index is 0.130. The number of aliphatic hydroxyl groups excluding tert-OH is 2. The Balaban J connectivity index is 1.47. The number of anilines is 1. The van der Waals surface area contributed by atoms with E-state index in [4.69, 9.17) is 0 Å². The number of nitrogens with zero attached hydrogens (tertiary/aromatic N) is 3. The molecular formula is C23H30FN3O2. The van der Waals surface area contributed by atoms with Crippen LogP contribution in [-0.2, 0) is 13.0 Å². The minimum atomic E-state index is -0.689. The first-order valence-electron chi connectivity index (χ1n) is 10.5. The molecule has 2 aliphatic heterocycles. The highest BCUT2D eigenvalue weighted by atomic mass is 19.1. The molecule has 6 heteroatoms. The molecule has 0 spiro atoms. The zero-order chi connectivity index (χ0) is 20.3. The summed E-state index contributed by atoms with van der Waals surface area (Å²) in [4.78, 5) is 9.27. The van der Waals surface area contributed by atoms with Gasteiger partial charge in [-0.25, -0.2) is 9.37 Å². The summed E-state index contributed by atoms with van der Waals surface area (Å²) in [5.74, 6) is 0.592. The van der Waals surface area contributed by atoms with Crippen LogP contribution in [0, 0.1) is 11.2 Å². The lowest BCUT2D eigenvalue weighted by Gasteiger charge is -2.46. The van der Waals surface area contributed by atoms with E-state index in [2.05, 4.69) is 20.9 Å². The number of halogens is 1. The number of aliphatic hydroxyl groups is 2. The first-order chi connectivity index (χ1) is 14.1. The van der Waals surface area contributed by atoms with Crippen molar-refractivity contribution in [3.8, 4) is 0 Å². The molecule has 0 saturated carbocycles. The van der Waals surface area contributed by atoms with Crippen LogP contribution in [0.4, 0.5) is 10.2 Å². The maximum atomic E-state index is 13.2. The van der Waals surface area contributed by atoms with Crippen molar-refractivity contribution in [3.05, 3.63) is 59.5 Å². The molecule has 0 unspecified atom stereocenters. The maximum Gasteiger partial charge on any atom is 0.128 e. The molecular weight excluding hydrogens is 369 g/mol. The molecule has 4 rings (SSSR count). The van der Waals surface area contributed by atoms with E-state index in [-0.39, 0.29) is 12.4 Å². The summed E-state index contributed by atoms with van der Waals surface area (Å²) in [5.41, 5.74) is 1.44. The highest BCUT2D eigenvalue weighted by molar-refractivity contribution is 5.41. The van der Waals surface area contributed by atoms with E-state index in [1.54, 1.807) is 12.1 Å². The normalized spacial score (nSPS) is 25.5. The van der Waals surface area contributed by atoms with Gasteiger partial charge in [0.25, 0.3) is 0 Å². The quantitative estimate of drug-likeness (QED) is 0.782. The fraction of sp³-hybridized carbons (Fsp3) is 0.522. The molecule has 1 aromatic heterocycles. The lowest BCUT2D eigenvalue weighted by Crippen LogP contribution is -2.55. The Kier molecular flexibility index (Phi) is 6.13. The van der Waals surface area contributed by atoms with Gasteiger partial charge in [0.2, 0.25) is 0 Å². The molecule has 156 valence electrons. The van der Waals surface area contributed by atoms with Gasteiger partial charge in [0.05, 0.1) is 12.7 Å². The van der Waals surface area contributed by atoms with E-state index in [0.717, 1.165) is 31.0 Å². The van der Waals surface area contributed by atoms with Crippen molar-refractivity contribution in [3.63, 3.8) is 0 Å². The van der Waals surface area contributed by atoms with E-state index in [1.165, 1.54) is 30.5 Å². The van der Waals surface area contributed by atoms with Gasteiger partial charge in [0, 0.05) is 31.2 Å². The number of hydrogen-bond donors (Lipinski definition) is 2. The maximum absolute atomic E-state index is 13.2. The third-order valence-corrected chi connectivity index (χ3v) is 6.41. The fourth-order valence-corrected chi connectivity index (χ4v) is 4.63. The smallest absolute Gasteiger partial charge is 0.128 e. The molecule has 2 fully saturated rings. The molecule has 0 radical (unpaired) electrons. The fourth-order valence-electron chi connectivity index (χ4n) is 4.63. The van der Waals surface area contributed by atoms with Crippen molar-refractivity contribution in [2.75, 3.05) is 37.7 Å². The SMILES string of the molecule is OC[C@]1(Cc2ccc(F)cc2)CN(c2ccc(CN3CCCC3)cn2)CC[C@@H]1O. The summed E-state index contributed by atoms with van der Waals surface area (Å²) >= 11 is 0. The zero-order valence-electron chi connectivity index (χ0n) is 16.8. The van der Waals surface area contributed by atoms with Crippen molar-refractivity contribution < 1.29 is 14.6 Å². The second-order valence-electron chi connectivity index (χ2n) is 8.56. The second kappa shape index (κ2) is 8.78. The highest BCUT2D eigenvalue weighted by Crippen LogP contribution is 2.35. The highest BCUT2D eigenvalue weighted by Gasteiger charge is 2.42. The molecule has 2 aliphatic rings. The Bertz CT molecular complexity index is 793. The van der Waals surface area contributed by atoms with Crippen LogP contribution in [0.5, 0.6) is 0 Å². The number of pyridine rings is 1. The average Bonchev–Trinajstić information content (AvgIpc) is 3.25. The molecule has 29 heavy (non-hydrogen) atoms. The van der Waals surface area contributed by atoms with Crippen LogP contribution >= 0.6 is 0 Å². The van der Waals surface area contributed by atoms with Crippen LogP contribution < -0.4 is 4.90 Å². The predicted octanol–water partition coefficient (Wildman–Crippen LogP) is 2.61. The van der Waals surface area contributed by atoms with Crippen LogP contribution in [0.2, 0.25) is 0 Å². The molecule has 0 aliphatic carbocycles. The number of piperidine rings is 1. The van der Waals surface area contributed by atoms with Crippen molar-refractivity contribution >= 4 is 5.82 Å². The lowest BCUT2D eigenvalue weighted by atomic mass is 9.73. The van der Waals surface area contributed by atoms with E-state index in [1.807, 2.05) is 12.3 Å². The van der Waals surface area contributed by atoms with Crippen LogP contribution in [0.15, 0.2) is 42.6 Å². The van der Waals surface area contributed by atoms with Crippen LogP contribution in [-0.4, -0.2) is 59.0 Å². The molecule has 2 N–H and O–H groups in total. The van der Waals surface area contributed by atoms with E-state index in [9.17, 15) is 14.6 Å². The molecule has 5 nitrogen and oxygen atoms in total. The average molecular weight is 400 g/mol. The largest absolute Gasteiger partial charge is 0.396 e. The third kappa shape index (κ3) is 4.60. The molecule has 2 aromatic rings. The van der Waals surface area contributed by atoms with Gasteiger partial charge < -0.3 is 15.1 Å². The molecule has 2 saturated heterocycles. The number of likely N-dealkylation sites (tertiary alicyclic amines) is 1. The van der Waals surface area contributed by atoms with Gasteiger partial charge >= 0.3 is 0 Å². The summed E-state index contributed by atoms with van der Waals surface area (Å²) in [7, 11) is 0. The first-order valence-corrected chi connectivity index (χ1v) is 10.5. The Morgan fingerprint density at radius 2 is 1.76 bits per heavy atom. The van der Waals surface area contributed by atoms with Crippen molar-refractivity contribution in [2.45, 2.75) is 38.3 Å². The van der Waals surface area contributed by atoms with Crippen LogP contribution in [0.1, 0.15) is 30.4 Å². The van der Waals surface area contributed by atoms with Gasteiger partial charge in [-0.15, -0.1) is 0 Å². The number of rotatable bonds is 6. The van der Waals surface area contributed by atoms with E-state index in [0.29, 0.717) is 25.9 Å². The summed E-state index contributed by atoms with van der Waals surface area (Å²) in [6.07, 6.45) is 4.95. The van der Waals surface area contributed by atoms with Gasteiger partial charge in [-0.05, 0) is 68.1 Å². The Morgan fingerprint density at radius 1 is 1.03 bits per heavy atom. The lowest BCUT2D eigenvalue weighted by molar-refractivity contribution is -0.0292. The molecule has 0 amide bonds. The molecule has 2 atom stereocenters. The van der Waals surface area contributed by atoms with Crippen LogP contribution in [0.3, 0.4) is 0 Å². The number of hydrogen-bond acceptors (Lipinski definition) is 5. The Morgan fingerprint density at radius 3 is 2.41 bits per heavy atom. The summed E-state index contributed by atoms with van der Waals surface area (Å²) in [6, 6.07) is 10.5. The molecule has 1 aromatic carbocycles. The van der Waals surface area contributed by atoms with E-state index < -0.39 is 11.5 Å².